The number of aliphatic imine (C=N–C) groups is 1. The van der Waals surface area contributed by atoms with Gasteiger partial charge in [-0.05, 0) is 24.3 Å². The van der Waals surface area contributed by atoms with Gasteiger partial charge in [0.2, 0.25) is 9.84 Å². The molecule has 0 spiro atoms. The third-order valence-electron chi connectivity index (χ3n) is 2.81. The first-order chi connectivity index (χ1) is 10.2. The molecule has 0 amide bonds. The second-order valence-electron chi connectivity index (χ2n) is 4.24. The van der Waals surface area contributed by atoms with Gasteiger partial charge in [0, 0.05) is 5.75 Å². The number of benzene rings is 1. The molecule has 1 aromatic carbocycles. The summed E-state index contributed by atoms with van der Waals surface area (Å²) in [6, 6.07) is 4.29. The van der Waals surface area contributed by atoms with Crippen LogP contribution in [0.2, 0.25) is 0 Å². The molecule has 0 aromatic heterocycles. The standard InChI is InChI=1S/C11H11ClF3N3O2S2/c12-9(13)11(14,15)22(19,20)8-3-1-7(2-4-8)18(16)10-17-5-6-21-10/h1-4,9H,5-6,16H2. The molecular weight excluding hydrogens is 363 g/mol. The first-order valence-electron chi connectivity index (χ1n) is 5.90. The van der Waals surface area contributed by atoms with Gasteiger partial charge in [0.05, 0.1) is 17.1 Å². The Bertz CT molecular complexity index is 680. The molecule has 1 aliphatic rings. The summed E-state index contributed by atoms with van der Waals surface area (Å²) in [7, 11) is -5.23. The van der Waals surface area contributed by atoms with Crippen molar-refractivity contribution < 1.29 is 21.6 Å². The van der Waals surface area contributed by atoms with E-state index >= 15 is 0 Å². The van der Waals surface area contributed by atoms with Gasteiger partial charge < -0.3 is 0 Å². The summed E-state index contributed by atoms with van der Waals surface area (Å²) in [6.45, 7) is 0.611. The quantitative estimate of drug-likeness (QED) is 0.498. The van der Waals surface area contributed by atoms with E-state index in [0.717, 1.165) is 17.9 Å². The monoisotopic (exact) mass is 373 g/mol. The number of thioether (sulfide) groups is 1. The van der Waals surface area contributed by atoms with Crippen molar-refractivity contribution in [1.82, 2.24) is 0 Å². The van der Waals surface area contributed by atoms with Gasteiger partial charge in [-0.2, -0.15) is 8.78 Å². The van der Waals surface area contributed by atoms with Crippen molar-refractivity contribution in [3.8, 4) is 0 Å². The molecule has 122 valence electrons. The lowest BCUT2D eigenvalue weighted by atomic mass is 10.3. The van der Waals surface area contributed by atoms with E-state index in [0.29, 0.717) is 17.4 Å². The fourth-order valence-corrected chi connectivity index (χ4v) is 3.83. The van der Waals surface area contributed by atoms with E-state index in [1.54, 1.807) is 0 Å². The van der Waals surface area contributed by atoms with Crippen molar-refractivity contribution in [3.63, 3.8) is 0 Å². The van der Waals surface area contributed by atoms with Gasteiger partial charge in [0.15, 0.2) is 5.17 Å². The number of amidine groups is 1. The topological polar surface area (TPSA) is 75.8 Å². The molecule has 22 heavy (non-hydrogen) atoms. The van der Waals surface area contributed by atoms with Crippen molar-refractivity contribution in [1.29, 1.82) is 0 Å². The first-order valence-corrected chi connectivity index (χ1v) is 8.81. The van der Waals surface area contributed by atoms with Crippen LogP contribution in [0.4, 0.5) is 18.9 Å². The lowest BCUT2D eigenvalue weighted by molar-refractivity contribution is 0.0423. The number of nitrogens with two attached hydrogens (primary N) is 1. The van der Waals surface area contributed by atoms with Crippen molar-refractivity contribution in [2.24, 2.45) is 10.8 Å². The number of alkyl halides is 4. The Hall–Kier alpha value is -0.970. The minimum Gasteiger partial charge on any atom is -0.260 e. The SMILES string of the molecule is NN(C1=NCCS1)c1ccc(S(=O)(=O)C(F)(F)C(F)Cl)cc1. The van der Waals surface area contributed by atoms with Gasteiger partial charge in [0.1, 0.15) is 0 Å². The Kier molecular flexibility index (Phi) is 4.95. The van der Waals surface area contributed by atoms with Crippen molar-refractivity contribution in [2.45, 2.75) is 15.8 Å². The highest BCUT2D eigenvalue weighted by Crippen LogP contribution is 2.36. The van der Waals surface area contributed by atoms with E-state index in [9.17, 15) is 21.6 Å². The summed E-state index contributed by atoms with van der Waals surface area (Å²) in [6.07, 6.45) is 0. The zero-order chi connectivity index (χ0) is 16.5. The number of hydrogen-bond acceptors (Lipinski definition) is 6. The van der Waals surface area contributed by atoms with Crippen LogP contribution in [0.3, 0.4) is 0 Å². The summed E-state index contributed by atoms with van der Waals surface area (Å²) >= 11 is 6.04. The van der Waals surface area contributed by atoms with E-state index in [1.807, 2.05) is 0 Å². The summed E-state index contributed by atoms with van der Waals surface area (Å²) in [5.41, 5.74) is -2.98. The summed E-state index contributed by atoms with van der Waals surface area (Å²) in [4.78, 5) is 3.37. The zero-order valence-corrected chi connectivity index (χ0v) is 13.3. The predicted molar refractivity (Wildman–Crippen MR) is 80.8 cm³/mol. The average molecular weight is 374 g/mol. The number of hydrazine groups is 1. The molecule has 0 radical (unpaired) electrons. The third-order valence-corrected chi connectivity index (χ3v) is 6.00. The van der Waals surface area contributed by atoms with Crippen LogP contribution in [-0.4, -0.2) is 36.8 Å². The van der Waals surface area contributed by atoms with Crippen LogP contribution >= 0.6 is 23.4 Å². The van der Waals surface area contributed by atoms with Crippen LogP contribution in [0, 0.1) is 0 Å². The highest BCUT2D eigenvalue weighted by atomic mass is 35.5. The number of sulfone groups is 1. The minimum absolute atomic E-state index is 0.359. The maximum Gasteiger partial charge on any atom is 0.393 e. The van der Waals surface area contributed by atoms with Gasteiger partial charge in [-0.15, -0.1) is 0 Å². The second-order valence-corrected chi connectivity index (χ2v) is 7.71. The lowest BCUT2D eigenvalue weighted by Gasteiger charge is -2.19. The van der Waals surface area contributed by atoms with Crippen LogP contribution in [0.25, 0.3) is 0 Å². The molecule has 0 saturated heterocycles. The first kappa shape index (κ1) is 17.4. The molecule has 0 aliphatic carbocycles. The molecule has 1 aliphatic heterocycles. The largest absolute Gasteiger partial charge is 0.393 e. The van der Waals surface area contributed by atoms with Crippen molar-refractivity contribution in [3.05, 3.63) is 24.3 Å². The number of hydrogen-bond donors (Lipinski definition) is 1. The Morgan fingerprint density at radius 2 is 1.95 bits per heavy atom. The summed E-state index contributed by atoms with van der Waals surface area (Å²) < 4.78 is 62.8. The number of anilines is 1. The van der Waals surface area contributed by atoms with Crippen LogP contribution in [0.5, 0.6) is 0 Å². The van der Waals surface area contributed by atoms with E-state index in [1.165, 1.54) is 28.9 Å². The average Bonchev–Trinajstić information content (AvgIpc) is 3.00. The van der Waals surface area contributed by atoms with Crippen LogP contribution in [0.1, 0.15) is 0 Å². The van der Waals surface area contributed by atoms with E-state index in [4.69, 9.17) is 5.84 Å². The fourth-order valence-electron chi connectivity index (χ4n) is 1.64. The highest BCUT2D eigenvalue weighted by Gasteiger charge is 2.53. The van der Waals surface area contributed by atoms with Gasteiger partial charge in [0.25, 0.3) is 5.63 Å². The van der Waals surface area contributed by atoms with Gasteiger partial charge in [-0.1, -0.05) is 23.4 Å². The van der Waals surface area contributed by atoms with E-state index < -0.39 is 25.6 Å². The molecule has 1 atom stereocenters. The molecule has 0 saturated carbocycles. The minimum atomic E-state index is -5.23. The van der Waals surface area contributed by atoms with Gasteiger partial charge in [-0.25, -0.2) is 18.7 Å². The molecule has 2 N–H and O–H groups in total. The summed E-state index contributed by atoms with van der Waals surface area (Å²) in [5, 5.41) is -2.97. The van der Waals surface area contributed by atoms with E-state index in [-0.39, 0.29) is 0 Å². The Morgan fingerprint density at radius 1 is 1.36 bits per heavy atom. The predicted octanol–water partition coefficient (Wildman–Crippen LogP) is 2.37. The molecule has 2 rings (SSSR count). The van der Waals surface area contributed by atoms with Crippen LogP contribution < -0.4 is 10.9 Å². The lowest BCUT2D eigenvalue weighted by Crippen LogP contribution is -2.36. The number of rotatable bonds is 4. The molecular formula is C11H11ClF3N3O2S2. The van der Waals surface area contributed by atoms with Crippen LogP contribution in [0.15, 0.2) is 34.2 Å². The molecule has 5 nitrogen and oxygen atoms in total. The molecule has 1 unspecified atom stereocenters. The Morgan fingerprint density at radius 3 is 2.41 bits per heavy atom. The second kappa shape index (κ2) is 6.26. The molecule has 11 heteroatoms. The smallest absolute Gasteiger partial charge is 0.260 e. The van der Waals surface area contributed by atoms with Gasteiger partial charge in [-0.3, -0.25) is 10.0 Å². The Balaban J connectivity index is 2.29. The zero-order valence-electron chi connectivity index (χ0n) is 10.9. The normalized spacial score (nSPS) is 17.2. The third kappa shape index (κ3) is 3.05. The molecule has 0 bridgehead atoms. The van der Waals surface area contributed by atoms with E-state index in [2.05, 4.69) is 16.6 Å². The molecule has 1 heterocycles. The maximum atomic E-state index is 13.4. The molecule has 1 aromatic rings. The van der Waals surface area contributed by atoms with Crippen LogP contribution in [-0.2, 0) is 9.84 Å². The van der Waals surface area contributed by atoms with Crippen molar-refractivity contribution in [2.75, 3.05) is 17.3 Å². The summed E-state index contributed by atoms with van der Waals surface area (Å²) in [5.74, 6) is 6.57. The maximum absolute atomic E-state index is 13.4. The highest BCUT2D eigenvalue weighted by molar-refractivity contribution is 8.14. The van der Waals surface area contributed by atoms with Crippen molar-refractivity contribution >= 4 is 44.1 Å². The fraction of sp³-hybridized carbons (Fsp3) is 0.364. The van der Waals surface area contributed by atoms with Gasteiger partial charge >= 0.3 is 5.25 Å². The number of nitrogens with zero attached hydrogens (tertiary/aromatic N) is 2. The molecule has 0 fully saturated rings. The number of halogens is 4. The Labute approximate surface area is 134 Å².